The zero-order chi connectivity index (χ0) is 23.8. The Morgan fingerprint density at radius 3 is 2.91 bits per heavy atom. The number of likely N-dealkylation sites (N-methyl/N-ethyl adjacent to an activating group) is 1. The molecule has 0 spiro atoms. The molecule has 3 heterocycles. The second-order valence-electron chi connectivity index (χ2n) is 7.29. The van der Waals surface area contributed by atoms with Gasteiger partial charge < -0.3 is 14.4 Å². The third-order valence-electron chi connectivity index (χ3n) is 5.10. The van der Waals surface area contributed by atoms with Gasteiger partial charge in [0.1, 0.15) is 13.7 Å². The van der Waals surface area contributed by atoms with Crippen LogP contribution in [0.25, 0.3) is 0 Å². The molecule has 0 amide bonds. The molecule has 3 rings (SSSR count). The molecule has 1 aliphatic rings. The van der Waals surface area contributed by atoms with Crippen molar-refractivity contribution in [3.63, 3.8) is 0 Å². The topological polar surface area (TPSA) is 111 Å². The number of rotatable bonds is 10. The molecule has 0 saturated heterocycles. The summed E-state index contributed by atoms with van der Waals surface area (Å²) < 4.78 is 13.1. The van der Waals surface area contributed by atoms with Crippen LogP contribution in [0, 0.1) is 16.7 Å². The molecule has 0 saturated carbocycles. The van der Waals surface area contributed by atoms with E-state index in [1.807, 2.05) is 44.7 Å². The third-order valence-corrected chi connectivity index (χ3v) is 6.23. The zero-order valence-electron chi connectivity index (χ0n) is 19.3. The summed E-state index contributed by atoms with van der Waals surface area (Å²) in [5.41, 5.74) is 3.16. The summed E-state index contributed by atoms with van der Waals surface area (Å²) >= 11 is 1.27. The van der Waals surface area contributed by atoms with Gasteiger partial charge in [0.05, 0.1) is 30.3 Å². The van der Waals surface area contributed by atoms with E-state index in [0.717, 1.165) is 28.5 Å². The normalized spacial score (nSPS) is 15.6. The first-order valence-electron chi connectivity index (χ1n) is 10.6. The third kappa shape index (κ3) is 5.94. The van der Waals surface area contributed by atoms with Gasteiger partial charge >= 0.3 is 6.01 Å². The summed E-state index contributed by atoms with van der Waals surface area (Å²) in [4.78, 5) is 15.0. The number of allylic oxidation sites excluding steroid dienone is 1. The van der Waals surface area contributed by atoms with Crippen LogP contribution in [0.15, 0.2) is 42.5 Å². The molecule has 9 nitrogen and oxygen atoms in total. The summed E-state index contributed by atoms with van der Waals surface area (Å²) in [5.74, 6) is -0.618. The summed E-state index contributed by atoms with van der Waals surface area (Å²) in [6.07, 6.45) is 6.99. The maximum Gasteiger partial charge on any atom is 0.316 e. The highest BCUT2D eigenvalue weighted by Gasteiger charge is 2.38. The Morgan fingerprint density at radius 2 is 2.21 bits per heavy atom. The number of hydrogen-bond donors (Lipinski definition) is 1. The van der Waals surface area contributed by atoms with E-state index in [-0.39, 0.29) is 12.6 Å². The highest BCUT2D eigenvalue weighted by Crippen LogP contribution is 2.31. The van der Waals surface area contributed by atoms with Gasteiger partial charge in [-0.05, 0) is 32.1 Å². The largest absolute Gasteiger partial charge is 0.459 e. The van der Waals surface area contributed by atoms with E-state index in [0.29, 0.717) is 24.0 Å². The number of hydrogen-bond acceptors (Lipinski definition) is 9. The van der Waals surface area contributed by atoms with Crippen molar-refractivity contribution >= 4 is 27.5 Å². The molecule has 2 aromatic rings. The fourth-order valence-corrected chi connectivity index (χ4v) is 4.39. The molecule has 0 bridgehead atoms. The van der Waals surface area contributed by atoms with Gasteiger partial charge in [-0.2, -0.15) is 14.8 Å². The molecule has 172 valence electrons. The lowest BCUT2D eigenvalue weighted by molar-refractivity contribution is -0.430. The Labute approximate surface area is 198 Å². The Hall–Kier alpha value is -3.29. The molecule has 1 atom stereocenters. The van der Waals surface area contributed by atoms with Gasteiger partial charge in [0.15, 0.2) is 11.0 Å². The number of thioether (sulfide) groups is 1. The first-order valence-corrected chi connectivity index (χ1v) is 11.4. The van der Waals surface area contributed by atoms with E-state index in [4.69, 9.17) is 14.9 Å². The minimum atomic E-state index is -0.618. The summed E-state index contributed by atoms with van der Waals surface area (Å²) in [6.45, 7) is 6.21. The first kappa shape index (κ1) is 24.4. The van der Waals surface area contributed by atoms with Crippen LogP contribution in [0.3, 0.4) is 0 Å². The van der Waals surface area contributed by atoms with E-state index >= 15 is 0 Å². The van der Waals surface area contributed by atoms with E-state index in [1.165, 1.54) is 11.8 Å². The minimum Gasteiger partial charge on any atom is -0.459 e. The second kappa shape index (κ2) is 11.5. The molecule has 1 aliphatic heterocycles. The van der Waals surface area contributed by atoms with Gasteiger partial charge in [-0.15, -0.1) is 0 Å². The molecule has 0 radical (unpaired) electrons. The number of nitriles is 1. The van der Waals surface area contributed by atoms with Gasteiger partial charge in [0, 0.05) is 49.9 Å². The van der Waals surface area contributed by atoms with Crippen LogP contribution in [0.5, 0.6) is 6.01 Å². The standard InChI is InChI=1S/C23H28N7O2S/c1-5-20-21(25)33-22(30(20)4)18(12-24)19-7-8-27-23(28-19)32-15-16-11-17(14-26-13-16)29(3)9-10-31-6-2/h5,7-8,11,13-14,18,25H,6,9-10,15H2,1-4H3/q+1. The van der Waals surface area contributed by atoms with E-state index in [9.17, 15) is 5.26 Å². The predicted molar refractivity (Wildman–Crippen MR) is 129 cm³/mol. The maximum atomic E-state index is 9.84. The van der Waals surface area contributed by atoms with Crippen LogP contribution in [-0.4, -0.2) is 63.5 Å². The highest BCUT2D eigenvalue weighted by atomic mass is 32.2. The SMILES string of the molecule is CC=C1C(=N)SC(C(C#N)c2ccnc(OCc3cncc(N(C)CCOCC)c3)n2)=[N+]1C. The van der Waals surface area contributed by atoms with Crippen LogP contribution in [0.4, 0.5) is 5.69 Å². The molecule has 0 aromatic carbocycles. The summed E-state index contributed by atoms with van der Waals surface area (Å²) in [7, 11) is 3.84. The molecule has 1 N–H and O–H groups in total. The van der Waals surface area contributed by atoms with Crippen molar-refractivity contribution in [1.29, 1.82) is 10.7 Å². The van der Waals surface area contributed by atoms with Crippen molar-refractivity contribution in [3.8, 4) is 12.1 Å². The molecule has 0 fully saturated rings. The van der Waals surface area contributed by atoms with Gasteiger partial charge in [-0.1, -0.05) is 0 Å². The Bertz CT molecular complexity index is 1110. The van der Waals surface area contributed by atoms with E-state index in [1.54, 1.807) is 24.7 Å². The van der Waals surface area contributed by atoms with Crippen molar-refractivity contribution in [1.82, 2.24) is 15.0 Å². The van der Waals surface area contributed by atoms with Crippen LogP contribution < -0.4 is 9.64 Å². The van der Waals surface area contributed by atoms with E-state index < -0.39 is 5.92 Å². The molecule has 1 unspecified atom stereocenters. The summed E-state index contributed by atoms with van der Waals surface area (Å²) in [5, 5.41) is 19.1. The lowest BCUT2D eigenvalue weighted by Crippen LogP contribution is -2.22. The smallest absolute Gasteiger partial charge is 0.316 e. The van der Waals surface area contributed by atoms with Gasteiger partial charge in [0.2, 0.25) is 10.7 Å². The fraction of sp³-hybridized carbons (Fsp3) is 0.391. The van der Waals surface area contributed by atoms with Crippen molar-refractivity contribution in [3.05, 3.63) is 53.8 Å². The maximum absolute atomic E-state index is 9.84. The van der Waals surface area contributed by atoms with Crippen molar-refractivity contribution in [2.45, 2.75) is 26.4 Å². The molecular formula is C23H28N7O2S+. The quantitative estimate of drug-likeness (QED) is 0.420. The van der Waals surface area contributed by atoms with Gasteiger partial charge in [-0.25, -0.2) is 4.98 Å². The average molecular weight is 467 g/mol. The lowest BCUT2D eigenvalue weighted by atomic mass is 10.1. The second-order valence-corrected chi connectivity index (χ2v) is 8.32. The Morgan fingerprint density at radius 1 is 1.39 bits per heavy atom. The summed E-state index contributed by atoms with van der Waals surface area (Å²) in [6, 6.07) is 6.20. The number of nitrogens with zero attached hydrogens (tertiary/aromatic N) is 6. The molecule has 2 aromatic heterocycles. The molecule has 33 heavy (non-hydrogen) atoms. The van der Waals surface area contributed by atoms with Crippen LogP contribution in [0.1, 0.15) is 31.0 Å². The minimum absolute atomic E-state index is 0.190. The van der Waals surface area contributed by atoms with Gasteiger partial charge in [-0.3, -0.25) is 10.4 Å². The molecule has 0 aliphatic carbocycles. The van der Waals surface area contributed by atoms with Crippen molar-refractivity contribution < 1.29 is 14.0 Å². The number of ether oxygens (including phenoxy) is 2. The monoisotopic (exact) mass is 466 g/mol. The first-order chi connectivity index (χ1) is 16.0. The molecular weight excluding hydrogens is 438 g/mol. The number of pyridine rings is 1. The zero-order valence-corrected chi connectivity index (χ0v) is 20.1. The number of nitrogens with one attached hydrogen (secondary N) is 1. The lowest BCUT2D eigenvalue weighted by Gasteiger charge is -2.19. The average Bonchev–Trinajstić information content (AvgIpc) is 3.11. The number of aromatic nitrogens is 3. The Balaban J connectivity index is 1.71. The van der Waals surface area contributed by atoms with E-state index in [2.05, 4.69) is 25.9 Å². The number of anilines is 1. The van der Waals surface area contributed by atoms with Crippen molar-refractivity contribution in [2.24, 2.45) is 0 Å². The van der Waals surface area contributed by atoms with Crippen LogP contribution in [0.2, 0.25) is 0 Å². The Kier molecular flexibility index (Phi) is 8.52. The van der Waals surface area contributed by atoms with Gasteiger partial charge in [0.25, 0.3) is 0 Å². The highest BCUT2D eigenvalue weighted by molar-refractivity contribution is 8.27. The van der Waals surface area contributed by atoms with Crippen LogP contribution in [-0.2, 0) is 11.3 Å². The van der Waals surface area contributed by atoms with Crippen LogP contribution >= 0.6 is 11.8 Å². The predicted octanol–water partition coefficient (Wildman–Crippen LogP) is 3.20. The molecule has 10 heteroatoms. The van der Waals surface area contributed by atoms with Crippen molar-refractivity contribution in [2.75, 3.05) is 38.8 Å². The fourth-order valence-electron chi connectivity index (χ4n) is 3.29.